The fourth-order valence-corrected chi connectivity index (χ4v) is 5.27. The highest BCUT2D eigenvalue weighted by Crippen LogP contribution is 2.49. The SMILES string of the molecule is CC(C)(O[C@@H]1O[C@H](CO)[C@@H](O)[C@H](O)[C@H]1O)[C@@H]1CC[C@](O)(CO)[C@H]2CC(=O)[C@@H](O)[C@@H]2C1. The first-order valence-electron chi connectivity index (χ1n) is 10.5. The van der Waals surface area contributed by atoms with Gasteiger partial charge in [0.25, 0.3) is 0 Å². The van der Waals surface area contributed by atoms with Crippen LogP contribution in [0.3, 0.4) is 0 Å². The Bertz CT molecular complexity index is 625. The molecule has 0 spiro atoms. The minimum Gasteiger partial charge on any atom is -0.394 e. The molecule has 0 bridgehead atoms. The van der Waals surface area contributed by atoms with E-state index in [-0.39, 0.29) is 24.5 Å². The molecule has 1 heterocycles. The third kappa shape index (κ3) is 4.17. The summed E-state index contributed by atoms with van der Waals surface area (Å²) in [6, 6.07) is 0. The van der Waals surface area contributed by atoms with Crippen LogP contribution in [-0.2, 0) is 14.3 Å². The molecular weight excluding hydrogens is 400 g/mol. The standard InChI is InChI=1S/C20H34O10/c1-19(2,30-18-17(27)16(26)15(25)13(7-21)29-18)9-3-4-20(28,8-22)11-6-12(23)14(24)10(11)5-9/h9-11,13-18,21-22,24-28H,3-8H2,1-2H3/t9-,10-,11+,13-,14+,15-,16+,17-,18+,20+/m1/s1. The van der Waals surface area contributed by atoms with Crippen molar-refractivity contribution in [3.63, 3.8) is 0 Å². The molecule has 2 saturated carbocycles. The summed E-state index contributed by atoms with van der Waals surface area (Å²) in [5, 5.41) is 70.7. The maximum Gasteiger partial charge on any atom is 0.187 e. The molecule has 2 aliphatic carbocycles. The van der Waals surface area contributed by atoms with Gasteiger partial charge in [-0.05, 0) is 44.9 Å². The summed E-state index contributed by atoms with van der Waals surface area (Å²) in [5.41, 5.74) is -2.46. The van der Waals surface area contributed by atoms with E-state index in [4.69, 9.17) is 9.47 Å². The molecule has 0 amide bonds. The summed E-state index contributed by atoms with van der Waals surface area (Å²) in [7, 11) is 0. The summed E-state index contributed by atoms with van der Waals surface area (Å²) in [6.07, 6.45) is -7.27. The molecule has 0 aromatic carbocycles. The Balaban J connectivity index is 1.79. The number of rotatable bonds is 5. The van der Waals surface area contributed by atoms with Gasteiger partial charge < -0.3 is 45.2 Å². The van der Waals surface area contributed by atoms with Gasteiger partial charge >= 0.3 is 0 Å². The fourth-order valence-electron chi connectivity index (χ4n) is 5.27. The maximum atomic E-state index is 12.1. The third-order valence-corrected chi connectivity index (χ3v) is 7.37. The number of aliphatic hydroxyl groups is 7. The van der Waals surface area contributed by atoms with Crippen molar-refractivity contribution >= 4 is 5.78 Å². The van der Waals surface area contributed by atoms with E-state index in [0.29, 0.717) is 12.8 Å². The molecule has 0 aromatic heterocycles. The van der Waals surface area contributed by atoms with Gasteiger partial charge in [-0.15, -0.1) is 0 Å². The predicted molar refractivity (Wildman–Crippen MR) is 101 cm³/mol. The van der Waals surface area contributed by atoms with Crippen molar-refractivity contribution in [3.8, 4) is 0 Å². The second-order valence-electron chi connectivity index (χ2n) is 9.54. The lowest BCUT2D eigenvalue weighted by atomic mass is 9.77. The fraction of sp³-hybridized carbons (Fsp3) is 0.950. The molecular formula is C20H34O10. The summed E-state index contributed by atoms with van der Waals surface area (Å²) >= 11 is 0. The maximum absolute atomic E-state index is 12.1. The van der Waals surface area contributed by atoms with Crippen LogP contribution in [0.15, 0.2) is 0 Å². The van der Waals surface area contributed by atoms with Gasteiger partial charge in [0.1, 0.15) is 30.5 Å². The number of carbonyl (C=O) groups excluding carboxylic acids is 1. The molecule has 10 heteroatoms. The Hall–Kier alpha value is -0.690. The van der Waals surface area contributed by atoms with Crippen LogP contribution < -0.4 is 0 Å². The number of fused-ring (bicyclic) bond motifs is 1. The minimum atomic E-state index is -1.57. The van der Waals surface area contributed by atoms with E-state index >= 15 is 0 Å². The highest BCUT2D eigenvalue weighted by atomic mass is 16.7. The Morgan fingerprint density at radius 1 is 1.13 bits per heavy atom. The van der Waals surface area contributed by atoms with E-state index < -0.39 is 73.1 Å². The van der Waals surface area contributed by atoms with Gasteiger partial charge in [-0.2, -0.15) is 0 Å². The monoisotopic (exact) mass is 434 g/mol. The molecule has 0 radical (unpaired) electrons. The van der Waals surface area contributed by atoms with Crippen LogP contribution in [0.5, 0.6) is 0 Å². The average molecular weight is 434 g/mol. The lowest BCUT2D eigenvalue weighted by Gasteiger charge is -2.45. The van der Waals surface area contributed by atoms with Gasteiger partial charge in [0.15, 0.2) is 12.1 Å². The zero-order valence-corrected chi connectivity index (χ0v) is 17.3. The van der Waals surface area contributed by atoms with E-state index in [1.807, 2.05) is 0 Å². The molecule has 10 atom stereocenters. The van der Waals surface area contributed by atoms with Gasteiger partial charge in [0.2, 0.25) is 0 Å². The molecule has 7 N–H and O–H groups in total. The van der Waals surface area contributed by atoms with Crippen molar-refractivity contribution in [1.29, 1.82) is 0 Å². The van der Waals surface area contributed by atoms with E-state index in [2.05, 4.69) is 0 Å². The smallest absolute Gasteiger partial charge is 0.187 e. The summed E-state index contributed by atoms with van der Waals surface area (Å²) in [6.45, 7) is 2.38. The molecule has 1 saturated heterocycles. The number of carbonyl (C=O) groups is 1. The number of ketones is 1. The highest BCUT2D eigenvalue weighted by molar-refractivity contribution is 5.86. The van der Waals surface area contributed by atoms with Crippen LogP contribution in [0, 0.1) is 17.8 Å². The first-order chi connectivity index (χ1) is 13.9. The number of hydrogen-bond donors (Lipinski definition) is 7. The van der Waals surface area contributed by atoms with Gasteiger partial charge in [-0.3, -0.25) is 4.79 Å². The Labute approximate surface area is 175 Å². The summed E-state index contributed by atoms with van der Waals surface area (Å²) < 4.78 is 11.4. The third-order valence-electron chi connectivity index (χ3n) is 7.37. The highest BCUT2D eigenvalue weighted by Gasteiger charge is 2.55. The normalized spacial score (nSPS) is 47.8. The van der Waals surface area contributed by atoms with Gasteiger partial charge in [0.05, 0.1) is 24.4 Å². The van der Waals surface area contributed by atoms with Crippen LogP contribution in [0.1, 0.15) is 39.5 Å². The number of ether oxygens (including phenoxy) is 2. The van der Waals surface area contributed by atoms with Gasteiger partial charge in [0, 0.05) is 12.3 Å². The molecule has 0 unspecified atom stereocenters. The van der Waals surface area contributed by atoms with E-state index in [1.54, 1.807) is 13.8 Å². The van der Waals surface area contributed by atoms with Crippen molar-refractivity contribution in [2.75, 3.05) is 13.2 Å². The number of Topliss-reactive ketones (excluding diaryl/α,β-unsaturated/α-hetero) is 1. The predicted octanol–water partition coefficient (Wildman–Crippen LogP) is -2.33. The van der Waals surface area contributed by atoms with E-state index in [1.165, 1.54) is 0 Å². The van der Waals surface area contributed by atoms with E-state index in [0.717, 1.165) is 0 Å². The number of hydrogen-bond acceptors (Lipinski definition) is 10. The van der Waals surface area contributed by atoms with Crippen molar-refractivity contribution in [3.05, 3.63) is 0 Å². The minimum absolute atomic E-state index is 0.00358. The van der Waals surface area contributed by atoms with Crippen LogP contribution in [0.25, 0.3) is 0 Å². The molecule has 3 fully saturated rings. The first kappa shape index (κ1) is 24.0. The molecule has 174 valence electrons. The lowest BCUT2D eigenvalue weighted by Crippen LogP contribution is -2.60. The van der Waals surface area contributed by atoms with Crippen LogP contribution in [0.2, 0.25) is 0 Å². The molecule has 3 aliphatic rings. The quantitative estimate of drug-likeness (QED) is 0.248. The topological polar surface area (TPSA) is 177 Å². The number of aliphatic hydroxyl groups excluding tert-OH is 6. The first-order valence-corrected chi connectivity index (χ1v) is 10.5. The van der Waals surface area contributed by atoms with Crippen molar-refractivity contribution in [2.45, 2.75) is 87.5 Å². The largest absolute Gasteiger partial charge is 0.394 e. The van der Waals surface area contributed by atoms with E-state index in [9.17, 15) is 40.5 Å². The molecule has 0 aromatic rings. The molecule has 30 heavy (non-hydrogen) atoms. The van der Waals surface area contributed by atoms with Crippen LogP contribution >= 0.6 is 0 Å². The zero-order valence-electron chi connectivity index (χ0n) is 17.3. The summed E-state index contributed by atoms with van der Waals surface area (Å²) in [4.78, 5) is 12.1. The van der Waals surface area contributed by atoms with Crippen molar-refractivity contribution < 1.29 is 50.0 Å². The Morgan fingerprint density at radius 3 is 2.40 bits per heavy atom. The molecule has 10 nitrogen and oxygen atoms in total. The second kappa shape index (κ2) is 8.68. The Kier molecular flexibility index (Phi) is 6.94. The van der Waals surface area contributed by atoms with Crippen molar-refractivity contribution in [1.82, 2.24) is 0 Å². The van der Waals surface area contributed by atoms with Crippen LogP contribution in [0.4, 0.5) is 0 Å². The lowest BCUT2D eigenvalue weighted by molar-refractivity contribution is -0.329. The Morgan fingerprint density at radius 2 is 1.80 bits per heavy atom. The second-order valence-corrected chi connectivity index (χ2v) is 9.54. The van der Waals surface area contributed by atoms with Crippen molar-refractivity contribution in [2.24, 2.45) is 17.8 Å². The van der Waals surface area contributed by atoms with Gasteiger partial charge in [-0.25, -0.2) is 0 Å². The average Bonchev–Trinajstić information content (AvgIpc) is 2.90. The van der Waals surface area contributed by atoms with Gasteiger partial charge in [-0.1, -0.05) is 0 Å². The molecule has 1 aliphatic heterocycles. The van der Waals surface area contributed by atoms with Crippen LogP contribution in [-0.4, -0.2) is 103 Å². The molecule has 3 rings (SSSR count). The summed E-state index contributed by atoms with van der Waals surface area (Å²) in [5.74, 6) is -1.73. The zero-order chi connectivity index (χ0) is 22.4.